The standard InChI is InChI=1S/C13H17N3O2S.ClH/c1-10-6-13(3-2-12(10)8-15)19(17,18)16-5-4-11(7-14)9-16;/h2-3,6,11H,4-5,7,9,14H2,1H3;1H. The van der Waals surface area contributed by atoms with E-state index in [1.54, 1.807) is 19.1 Å². The number of rotatable bonds is 3. The maximum atomic E-state index is 12.4. The molecular formula is C13H18ClN3O2S. The number of sulfonamides is 1. The summed E-state index contributed by atoms with van der Waals surface area (Å²) in [6, 6.07) is 6.64. The van der Waals surface area contributed by atoms with E-state index in [1.807, 2.05) is 6.07 Å². The second-order valence-electron chi connectivity index (χ2n) is 4.84. The highest BCUT2D eigenvalue weighted by Crippen LogP contribution is 2.25. The number of halogens is 1. The van der Waals surface area contributed by atoms with Gasteiger partial charge in [-0.1, -0.05) is 0 Å². The van der Waals surface area contributed by atoms with Crippen LogP contribution in [0.3, 0.4) is 0 Å². The zero-order chi connectivity index (χ0) is 14.0. The fourth-order valence-corrected chi connectivity index (χ4v) is 3.90. The van der Waals surface area contributed by atoms with Crippen LogP contribution in [0.5, 0.6) is 0 Å². The van der Waals surface area contributed by atoms with Gasteiger partial charge in [0.1, 0.15) is 0 Å². The van der Waals surface area contributed by atoms with Gasteiger partial charge in [-0.15, -0.1) is 12.4 Å². The van der Waals surface area contributed by atoms with Crippen molar-refractivity contribution in [2.45, 2.75) is 18.2 Å². The third kappa shape index (κ3) is 3.13. The molecule has 110 valence electrons. The van der Waals surface area contributed by atoms with Crippen LogP contribution < -0.4 is 5.73 Å². The highest BCUT2D eigenvalue weighted by molar-refractivity contribution is 7.89. The van der Waals surface area contributed by atoms with Gasteiger partial charge in [-0.05, 0) is 49.6 Å². The number of nitrogens with zero attached hydrogens (tertiary/aromatic N) is 2. The number of nitriles is 1. The van der Waals surface area contributed by atoms with Gasteiger partial charge in [0.2, 0.25) is 10.0 Å². The predicted molar refractivity (Wildman–Crippen MR) is 79.1 cm³/mol. The Morgan fingerprint density at radius 2 is 2.20 bits per heavy atom. The second kappa shape index (κ2) is 6.55. The fraction of sp³-hybridized carbons (Fsp3) is 0.462. The summed E-state index contributed by atoms with van der Waals surface area (Å²) in [4.78, 5) is 0.252. The molecule has 0 aliphatic carbocycles. The van der Waals surface area contributed by atoms with Crippen LogP contribution in [0.25, 0.3) is 0 Å². The van der Waals surface area contributed by atoms with Gasteiger partial charge in [0.05, 0.1) is 16.5 Å². The molecule has 0 amide bonds. The molecule has 20 heavy (non-hydrogen) atoms. The Morgan fingerprint density at radius 3 is 2.70 bits per heavy atom. The van der Waals surface area contributed by atoms with Crippen molar-refractivity contribution in [3.8, 4) is 6.07 Å². The predicted octanol–water partition coefficient (Wildman–Crippen LogP) is 1.26. The maximum absolute atomic E-state index is 12.4. The van der Waals surface area contributed by atoms with Crippen LogP contribution in [-0.2, 0) is 10.0 Å². The summed E-state index contributed by atoms with van der Waals surface area (Å²) < 4.78 is 26.4. The number of benzene rings is 1. The molecular weight excluding hydrogens is 298 g/mol. The van der Waals surface area contributed by atoms with Crippen LogP contribution in [-0.4, -0.2) is 32.4 Å². The largest absolute Gasteiger partial charge is 0.330 e. The van der Waals surface area contributed by atoms with Crippen LogP contribution in [0.2, 0.25) is 0 Å². The average molecular weight is 316 g/mol. The molecule has 5 nitrogen and oxygen atoms in total. The molecule has 1 unspecified atom stereocenters. The van der Waals surface area contributed by atoms with Gasteiger partial charge < -0.3 is 5.73 Å². The lowest BCUT2D eigenvalue weighted by molar-refractivity contribution is 0.459. The molecule has 1 fully saturated rings. The summed E-state index contributed by atoms with van der Waals surface area (Å²) in [5.74, 6) is 0.245. The minimum Gasteiger partial charge on any atom is -0.330 e. The van der Waals surface area contributed by atoms with Gasteiger partial charge in [0.15, 0.2) is 0 Å². The van der Waals surface area contributed by atoms with Gasteiger partial charge in [0, 0.05) is 13.1 Å². The van der Waals surface area contributed by atoms with Crippen LogP contribution >= 0.6 is 12.4 Å². The molecule has 2 N–H and O–H groups in total. The van der Waals surface area contributed by atoms with Crippen LogP contribution in [0.1, 0.15) is 17.5 Å². The normalized spacial score (nSPS) is 19.4. The van der Waals surface area contributed by atoms with E-state index in [0.717, 1.165) is 6.42 Å². The smallest absolute Gasteiger partial charge is 0.243 e. The Bertz CT molecular complexity index is 625. The molecule has 1 aromatic rings. The number of hydrogen-bond acceptors (Lipinski definition) is 4. The van der Waals surface area contributed by atoms with Crippen LogP contribution in [0.15, 0.2) is 23.1 Å². The summed E-state index contributed by atoms with van der Waals surface area (Å²) in [5, 5.41) is 8.87. The lowest BCUT2D eigenvalue weighted by Crippen LogP contribution is -2.30. The summed E-state index contributed by atoms with van der Waals surface area (Å²) in [6.07, 6.45) is 0.811. The summed E-state index contributed by atoms with van der Waals surface area (Å²) in [7, 11) is -3.46. The first-order valence-electron chi connectivity index (χ1n) is 6.20. The molecule has 0 aromatic heterocycles. The number of hydrogen-bond donors (Lipinski definition) is 1. The van der Waals surface area contributed by atoms with E-state index in [0.29, 0.717) is 30.8 Å². The molecule has 1 heterocycles. The Kier molecular flexibility index (Phi) is 5.54. The van der Waals surface area contributed by atoms with Gasteiger partial charge in [-0.3, -0.25) is 0 Å². The Morgan fingerprint density at radius 1 is 1.50 bits per heavy atom. The van der Waals surface area contributed by atoms with Crippen molar-refractivity contribution in [1.82, 2.24) is 4.31 Å². The molecule has 0 spiro atoms. The number of aryl methyl sites for hydroxylation is 1. The Hall–Kier alpha value is -1.13. The van der Waals surface area contributed by atoms with Crippen molar-refractivity contribution in [1.29, 1.82) is 5.26 Å². The molecule has 1 atom stereocenters. The maximum Gasteiger partial charge on any atom is 0.243 e. The first-order valence-corrected chi connectivity index (χ1v) is 7.64. The van der Waals surface area contributed by atoms with E-state index in [-0.39, 0.29) is 23.2 Å². The van der Waals surface area contributed by atoms with E-state index < -0.39 is 10.0 Å². The average Bonchev–Trinajstić information content (AvgIpc) is 2.88. The Labute approximate surface area is 125 Å². The molecule has 0 radical (unpaired) electrons. The summed E-state index contributed by atoms with van der Waals surface area (Å²) in [6.45, 7) is 3.25. The molecule has 0 saturated carbocycles. The van der Waals surface area contributed by atoms with E-state index in [9.17, 15) is 8.42 Å². The van der Waals surface area contributed by atoms with Gasteiger partial charge >= 0.3 is 0 Å². The molecule has 1 aromatic carbocycles. The first kappa shape index (κ1) is 16.9. The highest BCUT2D eigenvalue weighted by atomic mass is 35.5. The summed E-state index contributed by atoms with van der Waals surface area (Å²) >= 11 is 0. The molecule has 1 aliphatic heterocycles. The quantitative estimate of drug-likeness (QED) is 0.909. The molecule has 0 bridgehead atoms. The minimum absolute atomic E-state index is 0. The van der Waals surface area contributed by atoms with Crippen molar-refractivity contribution in [3.63, 3.8) is 0 Å². The van der Waals surface area contributed by atoms with Gasteiger partial charge in [0.25, 0.3) is 0 Å². The lowest BCUT2D eigenvalue weighted by atomic mass is 10.1. The third-order valence-corrected chi connectivity index (χ3v) is 5.40. The third-order valence-electron chi connectivity index (χ3n) is 3.54. The summed E-state index contributed by atoms with van der Waals surface area (Å²) in [5.41, 5.74) is 6.76. The highest BCUT2D eigenvalue weighted by Gasteiger charge is 2.31. The molecule has 2 rings (SSSR count). The zero-order valence-corrected chi connectivity index (χ0v) is 12.9. The van der Waals surface area contributed by atoms with Crippen molar-refractivity contribution in [3.05, 3.63) is 29.3 Å². The monoisotopic (exact) mass is 315 g/mol. The zero-order valence-electron chi connectivity index (χ0n) is 11.2. The Balaban J connectivity index is 0.00000200. The van der Waals surface area contributed by atoms with Crippen molar-refractivity contribution in [2.75, 3.05) is 19.6 Å². The minimum atomic E-state index is -3.46. The lowest BCUT2D eigenvalue weighted by Gasteiger charge is -2.16. The van der Waals surface area contributed by atoms with Gasteiger partial charge in [-0.2, -0.15) is 9.57 Å². The topological polar surface area (TPSA) is 87.2 Å². The molecule has 1 saturated heterocycles. The van der Waals surface area contributed by atoms with Crippen molar-refractivity contribution < 1.29 is 8.42 Å². The second-order valence-corrected chi connectivity index (χ2v) is 6.78. The molecule has 7 heteroatoms. The van der Waals surface area contributed by atoms with E-state index in [4.69, 9.17) is 11.0 Å². The van der Waals surface area contributed by atoms with Crippen LogP contribution in [0, 0.1) is 24.2 Å². The first-order chi connectivity index (χ1) is 8.98. The number of nitrogens with two attached hydrogens (primary N) is 1. The van der Waals surface area contributed by atoms with Crippen molar-refractivity contribution >= 4 is 22.4 Å². The fourth-order valence-electron chi connectivity index (χ4n) is 2.28. The SMILES string of the molecule is Cc1cc(S(=O)(=O)N2CCC(CN)C2)ccc1C#N.Cl. The van der Waals surface area contributed by atoms with Gasteiger partial charge in [-0.25, -0.2) is 8.42 Å². The van der Waals surface area contributed by atoms with Crippen molar-refractivity contribution in [2.24, 2.45) is 11.7 Å². The molecule has 1 aliphatic rings. The van der Waals surface area contributed by atoms with Crippen LogP contribution in [0.4, 0.5) is 0 Å². The van der Waals surface area contributed by atoms with E-state index in [2.05, 4.69) is 0 Å². The van der Waals surface area contributed by atoms with E-state index in [1.165, 1.54) is 10.4 Å². The van der Waals surface area contributed by atoms with E-state index >= 15 is 0 Å².